The van der Waals surface area contributed by atoms with Gasteiger partial charge in [0.25, 0.3) is 0 Å². The molecule has 0 unspecified atom stereocenters. The molecule has 1 N–H and O–H groups in total. The molecule has 18 heavy (non-hydrogen) atoms. The molecule has 2 rings (SSSR count). The van der Waals surface area contributed by atoms with Gasteiger partial charge >= 0.3 is 5.97 Å². The van der Waals surface area contributed by atoms with Gasteiger partial charge in [-0.1, -0.05) is 0 Å². The van der Waals surface area contributed by atoms with Gasteiger partial charge in [-0.15, -0.1) is 0 Å². The van der Waals surface area contributed by atoms with E-state index < -0.39 is 0 Å². The van der Waals surface area contributed by atoms with Gasteiger partial charge in [0.15, 0.2) is 0 Å². The Bertz CT molecular complexity index is 383. The number of aromatic nitrogens is 2. The lowest BCUT2D eigenvalue weighted by molar-refractivity contribution is -0.143. The van der Waals surface area contributed by atoms with Gasteiger partial charge in [-0.25, -0.2) is 4.98 Å². The molecule has 0 bridgehead atoms. The molecule has 0 amide bonds. The molecular weight excluding hydrogens is 230 g/mol. The van der Waals surface area contributed by atoms with Gasteiger partial charge in [-0.3, -0.25) is 4.79 Å². The normalized spacial score (nSPS) is 16.7. The Kier molecular flexibility index (Phi) is 4.75. The summed E-state index contributed by atoms with van der Waals surface area (Å²) in [6, 6.07) is 0. The van der Waals surface area contributed by atoms with E-state index in [1.54, 1.807) is 0 Å². The second kappa shape index (κ2) is 6.54. The van der Waals surface area contributed by atoms with Gasteiger partial charge in [0.1, 0.15) is 0 Å². The molecule has 0 radical (unpaired) electrons. The van der Waals surface area contributed by atoms with Gasteiger partial charge in [0.2, 0.25) is 0 Å². The van der Waals surface area contributed by atoms with Gasteiger partial charge in [-0.05, 0) is 32.9 Å². The molecule has 0 saturated carbocycles. The third-order valence-corrected chi connectivity index (χ3v) is 3.36. The highest BCUT2D eigenvalue weighted by molar-refractivity contribution is 5.69. The molecule has 5 nitrogen and oxygen atoms in total. The molecule has 5 heteroatoms. The summed E-state index contributed by atoms with van der Waals surface area (Å²) in [5, 5.41) is 3.36. The van der Waals surface area contributed by atoms with Crippen LogP contribution in [0.2, 0.25) is 0 Å². The molecule has 1 aliphatic rings. The van der Waals surface area contributed by atoms with E-state index in [2.05, 4.69) is 14.9 Å². The zero-order valence-electron chi connectivity index (χ0n) is 10.9. The quantitative estimate of drug-likeness (QED) is 0.802. The second-order valence-corrected chi connectivity index (χ2v) is 4.59. The third kappa shape index (κ3) is 3.32. The fourth-order valence-corrected chi connectivity index (χ4v) is 2.42. The van der Waals surface area contributed by atoms with Crippen LogP contribution < -0.4 is 5.32 Å². The fraction of sp³-hybridized carbons (Fsp3) is 0.692. The summed E-state index contributed by atoms with van der Waals surface area (Å²) in [6.45, 7) is 5.07. The van der Waals surface area contributed by atoms with Crippen LogP contribution in [0.5, 0.6) is 0 Å². The Morgan fingerprint density at radius 2 is 2.33 bits per heavy atom. The van der Waals surface area contributed by atoms with Crippen molar-refractivity contribution in [3.63, 3.8) is 0 Å². The van der Waals surface area contributed by atoms with E-state index in [0.717, 1.165) is 25.9 Å². The van der Waals surface area contributed by atoms with Crippen LogP contribution in [-0.4, -0.2) is 35.2 Å². The maximum atomic E-state index is 11.4. The van der Waals surface area contributed by atoms with E-state index >= 15 is 0 Å². The van der Waals surface area contributed by atoms with Crippen LogP contribution in [0.15, 0.2) is 12.5 Å². The number of carbonyl (C=O) groups excluding carboxylic acids is 1. The van der Waals surface area contributed by atoms with Crippen molar-refractivity contribution in [1.29, 1.82) is 0 Å². The van der Waals surface area contributed by atoms with Crippen molar-refractivity contribution in [2.45, 2.75) is 38.6 Å². The van der Waals surface area contributed by atoms with Crippen LogP contribution >= 0.6 is 0 Å². The Morgan fingerprint density at radius 3 is 3.06 bits per heavy atom. The molecular formula is C13H21N3O2. The highest BCUT2D eigenvalue weighted by atomic mass is 16.5. The van der Waals surface area contributed by atoms with Gasteiger partial charge in [0, 0.05) is 24.4 Å². The monoisotopic (exact) mass is 251 g/mol. The number of piperidine rings is 1. The number of ether oxygens (including phenoxy) is 1. The average Bonchev–Trinajstić information content (AvgIpc) is 2.86. The Morgan fingerprint density at radius 1 is 1.56 bits per heavy atom. The van der Waals surface area contributed by atoms with Crippen molar-refractivity contribution in [3.8, 4) is 0 Å². The van der Waals surface area contributed by atoms with Crippen molar-refractivity contribution in [2.75, 3.05) is 19.7 Å². The molecule has 100 valence electrons. The molecule has 2 heterocycles. The molecule has 0 spiro atoms. The molecule has 1 aliphatic heterocycles. The standard InChI is InChI=1S/C13H21N3O2/c1-2-18-13(17)5-8-16-10-15-9-12(16)11-3-6-14-7-4-11/h9-11,14H,2-8H2,1H3. The van der Waals surface area contributed by atoms with E-state index in [1.807, 2.05) is 19.4 Å². The van der Waals surface area contributed by atoms with E-state index in [0.29, 0.717) is 25.5 Å². The van der Waals surface area contributed by atoms with Crippen molar-refractivity contribution < 1.29 is 9.53 Å². The summed E-state index contributed by atoms with van der Waals surface area (Å²) in [6.07, 6.45) is 6.45. The number of carbonyl (C=O) groups is 1. The molecule has 0 atom stereocenters. The first-order valence-corrected chi connectivity index (χ1v) is 6.67. The largest absolute Gasteiger partial charge is 0.466 e. The van der Waals surface area contributed by atoms with E-state index in [-0.39, 0.29) is 5.97 Å². The maximum absolute atomic E-state index is 11.4. The van der Waals surface area contributed by atoms with Gasteiger partial charge in [-0.2, -0.15) is 0 Å². The van der Waals surface area contributed by atoms with E-state index in [9.17, 15) is 4.79 Å². The Labute approximate surface area is 108 Å². The minimum absolute atomic E-state index is 0.137. The molecule has 1 fully saturated rings. The predicted octanol–water partition coefficient (Wildman–Crippen LogP) is 1.30. The summed E-state index contributed by atoms with van der Waals surface area (Å²) >= 11 is 0. The van der Waals surface area contributed by atoms with Gasteiger partial charge in [0.05, 0.1) is 19.4 Å². The van der Waals surface area contributed by atoms with Crippen molar-refractivity contribution in [1.82, 2.24) is 14.9 Å². The van der Waals surface area contributed by atoms with Crippen LogP contribution in [0.25, 0.3) is 0 Å². The zero-order chi connectivity index (χ0) is 12.8. The van der Waals surface area contributed by atoms with Crippen LogP contribution in [-0.2, 0) is 16.1 Å². The molecule has 1 saturated heterocycles. The minimum Gasteiger partial charge on any atom is -0.466 e. The number of hydrogen-bond donors (Lipinski definition) is 1. The average molecular weight is 251 g/mol. The third-order valence-electron chi connectivity index (χ3n) is 3.36. The highest BCUT2D eigenvalue weighted by Crippen LogP contribution is 2.24. The first kappa shape index (κ1) is 13.1. The molecule has 0 aromatic carbocycles. The summed E-state index contributed by atoms with van der Waals surface area (Å²) in [5.41, 5.74) is 1.25. The summed E-state index contributed by atoms with van der Waals surface area (Å²) in [4.78, 5) is 15.6. The summed E-state index contributed by atoms with van der Waals surface area (Å²) in [7, 11) is 0. The van der Waals surface area contributed by atoms with Crippen molar-refractivity contribution >= 4 is 5.97 Å². The number of esters is 1. The Balaban J connectivity index is 1.92. The fourth-order valence-electron chi connectivity index (χ4n) is 2.42. The van der Waals surface area contributed by atoms with Crippen LogP contribution in [0.3, 0.4) is 0 Å². The van der Waals surface area contributed by atoms with Crippen molar-refractivity contribution in [3.05, 3.63) is 18.2 Å². The summed E-state index contributed by atoms with van der Waals surface area (Å²) < 4.78 is 7.03. The number of hydrogen-bond acceptors (Lipinski definition) is 4. The second-order valence-electron chi connectivity index (χ2n) is 4.59. The number of nitrogens with zero attached hydrogens (tertiary/aromatic N) is 2. The minimum atomic E-state index is -0.137. The van der Waals surface area contributed by atoms with Crippen LogP contribution in [0, 0.1) is 0 Å². The number of aryl methyl sites for hydroxylation is 1. The lowest BCUT2D eigenvalue weighted by atomic mass is 9.95. The predicted molar refractivity (Wildman–Crippen MR) is 68.3 cm³/mol. The van der Waals surface area contributed by atoms with Crippen LogP contribution in [0.1, 0.15) is 37.8 Å². The molecule has 1 aromatic heterocycles. The van der Waals surface area contributed by atoms with Crippen LogP contribution in [0.4, 0.5) is 0 Å². The number of nitrogens with one attached hydrogen (secondary N) is 1. The Hall–Kier alpha value is -1.36. The van der Waals surface area contributed by atoms with Gasteiger partial charge < -0.3 is 14.6 Å². The SMILES string of the molecule is CCOC(=O)CCn1cncc1C1CCNCC1. The number of rotatable bonds is 5. The highest BCUT2D eigenvalue weighted by Gasteiger charge is 2.18. The smallest absolute Gasteiger partial charge is 0.307 e. The lowest BCUT2D eigenvalue weighted by Crippen LogP contribution is -2.27. The summed E-state index contributed by atoms with van der Waals surface area (Å²) in [5.74, 6) is 0.429. The molecule has 0 aliphatic carbocycles. The van der Waals surface area contributed by atoms with E-state index in [1.165, 1.54) is 5.69 Å². The lowest BCUT2D eigenvalue weighted by Gasteiger charge is -2.23. The molecule has 1 aromatic rings. The zero-order valence-corrected chi connectivity index (χ0v) is 10.9. The maximum Gasteiger partial charge on any atom is 0.307 e. The van der Waals surface area contributed by atoms with Crippen molar-refractivity contribution in [2.24, 2.45) is 0 Å². The van der Waals surface area contributed by atoms with E-state index in [4.69, 9.17) is 4.74 Å². The first-order valence-electron chi connectivity index (χ1n) is 6.67. The number of imidazole rings is 1. The topological polar surface area (TPSA) is 56.2 Å². The first-order chi connectivity index (χ1) is 8.81.